The van der Waals surface area contributed by atoms with Gasteiger partial charge in [0.15, 0.2) is 0 Å². The molecule has 1 aromatic carbocycles. The molecule has 4 heteroatoms. The van der Waals surface area contributed by atoms with Gasteiger partial charge in [0.05, 0.1) is 12.7 Å². The Kier molecular flexibility index (Phi) is 2.48. The third kappa shape index (κ3) is 1.62. The van der Waals surface area contributed by atoms with Gasteiger partial charge in [-0.25, -0.2) is 9.97 Å². The Bertz CT molecular complexity index is 704. The molecule has 0 saturated carbocycles. The molecule has 0 bridgehead atoms. The molecule has 2 aromatic heterocycles. The minimum absolute atomic E-state index is 0.532. The first kappa shape index (κ1) is 10.8. The first-order chi connectivity index (χ1) is 8.79. The molecule has 18 heavy (non-hydrogen) atoms. The number of ether oxygens (including phenoxy) is 1. The maximum Gasteiger partial charge on any atom is 0.247 e. The van der Waals surface area contributed by atoms with E-state index in [1.54, 1.807) is 13.3 Å². The second kappa shape index (κ2) is 4.14. The predicted molar refractivity (Wildman–Crippen MR) is 68.5 cm³/mol. The Hall–Kier alpha value is -2.36. The van der Waals surface area contributed by atoms with Gasteiger partial charge in [-0.15, -0.1) is 0 Å². The summed E-state index contributed by atoms with van der Waals surface area (Å²) in [6, 6.07) is 9.54. The second-order valence-electron chi connectivity index (χ2n) is 4.00. The van der Waals surface area contributed by atoms with E-state index in [9.17, 15) is 0 Å². The number of benzene rings is 1. The number of pyridine rings is 1. The summed E-state index contributed by atoms with van der Waals surface area (Å²) in [5, 5.41) is 0. The van der Waals surface area contributed by atoms with Gasteiger partial charge in [0.1, 0.15) is 11.3 Å². The lowest BCUT2D eigenvalue weighted by atomic mass is 10.2. The molecule has 90 valence electrons. The van der Waals surface area contributed by atoms with Gasteiger partial charge in [0, 0.05) is 6.20 Å². The van der Waals surface area contributed by atoms with Crippen molar-refractivity contribution in [3.63, 3.8) is 0 Å². The largest absolute Gasteiger partial charge is 0.496 e. The highest BCUT2D eigenvalue weighted by molar-refractivity contribution is 5.77. The average molecular weight is 240 g/mol. The molecule has 0 radical (unpaired) electrons. The number of aryl methyl sites for hydroxylation is 1. The molecule has 0 amide bonds. The molecule has 3 rings (SSSR count). The smallest absolute Gasteiger partial charge is 0.247 e. The fourth-order valence-electron chi connectivity index (χ4n) is 1.89. The summed E-state index contributed by atoms with van der Waals surface area (Å²) >= 11 is 0. The minimum atomic E-state index is 0.532. The number of aromatic nitrogens is 2. The van der Waals surface area contributed by atoms with Crippen LogP contribution >= 0.6 is 0 Å². The summed E-state index contributed by atoms with van der Waals surface area (Å²) in [5.74, 6) is 1.27. The van der Waals surface area contributed by atoms with Crippen LogP contribution in [0.15, 0.2) is 40.9 Å². The first-order valence-corrected chi connectivity index (χ1v) is 5.65. The van der Waals surface area contributed by atoms with Crippen LogP contribution in [0, 0.1) is 6.92 Å². The monoisotopic (exact) mass is 240 g/mol. The molecule has 3 aromatic rings. The third-order valence-corrected chi connectivity index (χ3v) is 2.84. The average Bonchev–Trinajstić information content (AvgIpc) is 2.84. The number of rotatable bonds is 2. The number of para-hydroxylation sites is 1. The van der Waals surface area contributed by atoms with Crippen molar-refractivity contribution in [2.24, 2.45) is 0 Å². The molecule has 4 nitrogen and oxygen atoms in total. The predicted octanol–water partition coefficient (Wildman–Crippen LogP) is 3.21. The quantitative estimate of drug-likeness (QED) is 0.690. The molecule has 0 fully saturated rings. The van der Waals surface area contributed by atoms with Crippen molar-refractivity contribution in [1.29, 1.82) is 0 Å². The van der Waals surface area contributed by atoms with Crippen molar-refractivity contribution in [3.8, 4) is 17.2 Å². The Balaban J connectivity index is 2.23. The topological polar surface area (TPSA) is 48.2 Å². The summed E-state index contributed by atoms with van der Waals surface area (Å²) in [7, 11) is 1.63. The molecule has 0 unspecified atom stereocenters. The van der Waals surface area contributed by atoms with Crippen LogP contribution in [-0.2, 0) is 0 Å². The highest BCUT2D eigenvalue weighted by atomic mass is 16.5. The molecule has 0 aliphatic heterocycles. The molecular weight excluding hydrogens is 228 g/mol. The standard InChI is InChI=1S/C14H12N2O2/c1-9-7-8-15-14-12(9)16-13(18-14)10-5-3-4-6-11(10)17-2/h3-8H,1-2H3. The lowest BCUT2D eigenvalue weighted by Crippen LogP contribution is -1.87. The van der Waals surface area contributed by atoms with E-state index >= 15 is 0 Å². The molecule has 0 aliphatic rings. The van der Waals surface area contributed by atoms with Gasteiger partial charge >= 0.3 is 0 Å². The lowest BCUT2D eigenvalue weighted by Gasteiger charge is -2.03. The van der Waals surface area contributed by atoms with E-state index < -0.39 is 0 Å². The van der Waals surface area contributed by atoms with Crippen molar-refractivity contribution in [1.82, 2.24) is 9.97 Å². The first-order valence-electron chi connectivity index (χ1n) is 5.65. The number of hydrogen-bond donors (Lipinski definition) is 0. The normalized spacial score (nSPS) is 10.8. The van der Waals surface area contributed by atoms with Crippen LogP contribution < -0.4 is 4.74 Å². The molecule has 0 saturated heterocycles. The minimum Gasteiger partial charge on any atom is -0.496 e. The van der Waals surface area contributed by atoms with E-state index in [0.717, 1.165) is 22.4 Å². The van der Waals surface area contributed by atoms with Gasteiger partial charge in [-0.05, 0) is 30.7 Å². The third-order valence-electron chi connectivity index (χ3n) is 2.84. The SMILES string of the molecule is COc1ccccc1-c1nc2c(C)ccnc2o1. The van der Waals surface area contributed by atoms with Crippen LogP contribution in [0.5, 0.6) is 5.75 Å². The van der Waals surface area contributed by atoms with Crippen LogP contribution in [0.2, 0.25) is 0 Å². The zero-order valence-electron chi connectivity index (χ0n) is 10.2. The zero-order valence-corrected chi connectivity index (χ0v) is 10.2. The van der Waals surface area contributed by atoms with Gasteiger partial charge in [-0.3, -0.25) is 0 Å². The van der Waals surface area contributed by atoms with E-state index in [2.05, 4.69) is 9.97 Å². The maximum absolute atomic E-state index is 5.68. The molecule has 0 atom stereocenters. The number of fused-ring (bicyclic) bond motifs is 1. The van der Waals surface area contributed by atoms with E-state index in [0.29, 0.717) is 11.6 Å². The Morgan fingerprint density at radius 1 is 1.17 bits per heavy atom. The van der Waals surface area contributed by atoms with Crippen molar-refractivity contribution in [3.05, 3.63) is 42.1 Å². The van der Waals surface area contributed by atoms with Gasteiger partial charge in [-0.2, -0.15) is 0 Å². The Morgan fingerprint density at radius 2 is 2.00 bits per heavy atom. The van der Waals surface area contributed by atoms with Gasteiger partial charge in [-0.1, -0.05) is 12.1 Å². The zero-order chi connectivity index (χ0) is 12.5. The van der Waals surface area contributed by atoms with E-state index in [4.69, 9.17) is 9.15 Å². The van der Waals surface area contributed by atoms with Crippen molar-refractivity contribution in [2.45, 2.75) is 6.92 Å². The van der Waals surface area contributed by atoms with Crippen LogP contribution in [0.25, 0.3) is 22.7 Å². The fourth-order valence-corrected chi connectivity index (χ4v) is 1.89. The van der Waals surface area contributed by atoms with Crippen LogP contribution in [-0.4, -0.2) is 17.1 Å². The number of methoxy groups -OCH3 is 1. The maximum atomic E-state index is 5.68. The fraction of sp³-hybridized carbons (Fsp3) is 0.143. The number of oxazole rings is 1. The van der Waals surface area contributed by atoms with E-state index in [1.165, 1.54) is 0 Å². The van der Waals surface area contributed by atoms with Crippen molar-refractivity contribution < 1.29 is 9.15 Å². The number of nitrogens with zero attached hydrogens (tertiary/aromatic N) is 2. The van der Waals surface area contributed by atoms with Crippen LogP contribution in [0.4, 0.5) is 0 Å². The summed E-state index contributed by atoms with van der Waals surface area (Å²) in [6.45, 7) is 1.98. The molecule has 0 N–H and O–H groups in total. The van der Waals surface area contributed by atoms with Gasteiger partial charge in [0.25, 0.3) is 0 Å². The van der Waals surface area contributed by atoms with Crippen LogP contribution in [0.3, 0.4) is 0 Å². The van der Waals surface area contributed by atoms with Crippen molar-refractivity contribution in [2.75, 3.05) is 7.11 Å². The highest BCUT2D eigenvalue weighted by Crippen LogP contribution is 2.31. The molecular formula is C14H12N2O2. The van der Waals surface area contributed by atoms with Gasteiger partial charge in [0.2, 0.25) is 11.6 Å². The Morgan fingerprint density at radius 3 is 2.78 bits per heavy atom. The summed E-state index contributed by atoms with van der Waals surface area (Å²) < 4.78 is 11.0. The lowest BCUT2D eigenvalue weighted by molar-refractivity contribution is 0.414. The van der Waals surface area contributed by atoms with Gasteiger partial charge < -0.3 is 9.15 Å². The summed E-state index contributed by atoms with van der Waals surface area (Å²) in [5.41, 5.74) is 3.22. The van der Waals surface area contributed by atoms with E-state index in [1.807, 2.05) is 37.3 Å². The van der Waals surface area contributed by atoms with Crippen molar-refractivity contribution >= 4 is 11.2 Å². The second-order valence-corrected chi connectivity index (χ2v) is 4.00. The summed E-state index contributed by atoms with van der Waals surface area (Å²) in [4.78, 5) is 8.66. The molecule has 0 aliphatic carbocycles. The highest BCUT2D eigenvalue weighted by Gasteiger charge is 2.13. The van der Waals surface area contributed by atoms with E-state index in [-0.39, 0.29) is 0 Å². The molecule has 2 heterocycles. The van der Waals surface area contributed by atoms with Crippen LogP contribution in [0.1, 0.15) is 5.56 Å². The summed E-state index contributed by atoms with van der Waals surface area (Å²) in [6.07, 6.45) is 1.72. The molecule has 0 spiro atoms. The Labute approximate surface area is 104 Å². The number of hydrogen-bond acceptors (Lipinski definition) is 4.